The first-order valence-corrected chi connectivity index (χ1v) is 7.98. The number of hydrogen-bond donors (Lipinski definition) is 1. The van der Waals surface area contributed by atoms with E-state index >= 15 is 0 Å². The van der Waals surface area contributed by atoms with Crippen molar-refractivity contribution in [2.75, 3.05) is 33.4 Å². The molecule has 130 valence electrons. The number of aliphatic carboxylic acids is 1. The Kier molecular flexibility index (Phi) is 4.89. The summed E-state index contributed by atoms with van der Waals surface area (Å²) in [5.41, 5.74) is 0.982. The van der Waals surface area contributed by atoms with E-state index < -0.39 is 12.1 Å². The van der Waals surface area contributed by atoms with E-state index in [4.69, 9.17) is 19.3 Å². The lowest BCUT2D eigenvalue weighted by atomic mass is 9.95. The summed E-state index contributed by atoms with van der Waals surface area (Å²) in [6.45, 7) is 1.49. The zero-order chi connectivity index (χ0) is 17.1. The molecule has 3 rings (SSSR count). The summed E-state index contributed by atoms with van der Waals surface area (Å²) >= 11 is 0. The van der Waals surface area contributed by atoms with Crippen molar-refractivity contribution in [2.24, 2.45) is 5.92 Å². The minimum absolute atomic E-state index is 0.00448. The molecule has 1 fully saturated rings. The van der Waals surface area contributed by atoms with Gasteiger partial charge >= 0.3 is 5.97 Å². The van der Waals surface area contributed by atoms with Gasteiger partial charge in [0.15, 0.2) is 0 Å². The number of amides is 1. The van der Waals surface area contributed by atoms with E-state index in [9.17, 15) is 9.59 Å². The summed E-state index contributed by atoms with van der Waals surface area (Å²) in [5.74, 6) is 0.301. The number of nitrogens with zero attached hydrogens (tertiary/aromatic N) is 1. The number of carboxylic acid groups (broad SMARTS) is 1. The molecule has 7 heteroatoms. The lowest BCUT2D eigenvalue weighted by Gasteiger charge is -2.35. The quantitative estimate of drug-likeness (QED) is 0.882. The highest BCUT2D eigenvalue weighted by atomic mass is 16.5. The van der Waals surface area contributed by atoms with E-state index in [1.807, 2.05) is 18.2 Å². The minimum atomic E-state index is -0.918. The summed E-state index contributed by atoms with van der Waals surface area (Å²) in [7, 11) is 1.60. The molecule has 1 aromatic rings. The van der Waals surface area contributed by atoms with Crippen LogP contribution in [0.4, 0.5) is 0 Å². The third-order valence-corrected chi connectivity index (χ3v) is 4.38. The van der Waals surface area contributed by atoms with E-state index in [-0.39, 0.29) is 18.2 Å². The van der Waals surface area contributed by atoms with Crippen molar-refractivity contribution in [1.82, 2.24) is 4.90 Å². The molecule has 0 radical (unpaired) electrons. The van der Waals surface area contributed by atoms with Crippen LogP contribution in [0.2, 0.25) is 0 Å². The van der Waals surface area contributed by atoms with Crippen LogP contribution in [0, 0.1) is 5.92 Å². The Morgan fingerprint density at radius 2 is 2.25 bits per heavy atom. The van der Waals surface area contributed by atoms with E-state index in [2.05, 4.69) is 0 Å². The van der Waals surface area contributed by atoms with Gasteiger partial charge in [0.05, 0.1) is 32.2 Å². The summed E-state index contributed by atoms with van der Waals surface area (Å²) in [5, 5.41) is 8.88. The Bertz CT molecular complexity index is 632. The number of rotatable bonds is 4. The zero-order valence-corrected chi connectivity index (χ0v) is 13.6. The summed E-state index contributed by atoms with van der Waals surface area (Å²) < 4.78 is 16.3. The fourth-order valence-corrected chi connectivity index (χ4v) is 3.13. The zero-order valence-electron chi connectivity index (χ0n) is 13.6. The molecule has 2 aliphatic rings. The van der Waals surface area contributed by atoms with Crippen LogP contribution in [0.25, 0.3) is 0 Å². The van der Waals surface area contributed by atoms with Gasteiger partial charge in [0, 0.05) is 19.2 Å². The van der Waals surface area contributed by atoms with E-state index in [0.29, 0.717) is 32.7 Å². The first kappa shape index (κ1) is 16.6. The highest BCUT2D eigenvalue weighted by Gasteiger charge is 2.33. The van der Waals surface area contributed by atoms with Crippen LogP contribution in [0.15, 0.2) is 18.2 Å². The monoisotopic (exact) mass is 335 g/mol. The van der Waals surface area contributed by atoms with Crippen molar-refractivity contribution in [2.45, 2.75) is 18.9 Å². The second kappa shape index (κ2) is 7.09. The molecule has 1 saturated heterocycles. The van der Waals surface area contributed by atoms with Crippen LogP contribution < -0.4 is 9.47 Å². The number of ether oxygens (including phenoxy) is 3. The average Bonchev–Trinajstić information content (AvgIpc) is 2.59. The topological polar surface area (TPSA) is 85.3 Å². The highest BCUT2D eigenvalue weighted by Crippen LogP contribution is 2.31. The third-order valence-electron chi connectivity index (χ3n) is 4.38. The maximum atomic E-state index is 12.7. The molecule has 0 bridgehead atoms. The van der Waals surface area contributed by atoms with Gasteiger partial charge in [-0.3, -0.25) is 9.59 Å². The Labute approximate surface area is 140 Å². The van der Waals surface area contributed by atoms with Crippen molar-refractivity contribution in [3.8, 4) is 11.5 Å². The number of fused-ring (bicyclic) bond motifs is 1. The molecule has 2 atom stereocenters. The molecule has 0 aliphatic carbocycles. The van der Waals surface area contributed by atoms with Gasteiger partial charge < -0.3 is 24.2 Å². The predicted octanol–water partition coefficient (Wildman–Crippen LogP) is 0.948. The van der Waals surface area contributed by atoms with E-state index in [1.54, 1.807) is 12.0 Å². The van der Waals surface area contributed by atoms with Crippen LogP contribution in [0.5, 0.6) is 11.5 Å². The van der Waals surface area contributed by atoms with Gasteiger partial charge in [-0.2, -0.15) is 0 Å². The molecule has 2 heterocycles. The second-order valence-corrected chi connectivity index (χ2v) is 6.06. The summed E-state index contributed by atoms with van der Waals surface area (Å²) in [6.07, 6.45) is 0.0772. The summed E-state index contributed by atoms with van der Waals surface area (Å²) in [6, 6.07) is 5.60. The van der Waals surface area contributed by atoms with Crippen LogP contribution in [-0.2, 0) is 20.7 Å². The average molecular weight is 335 g/mol. The number of hydrogen-bond acceptors (Lipinski definition) is 5. The van der Waals surface area contributed by atoms with Gasteiger partial charge in [-0.1, -0.05) is 6.07 Å². The Hall–Kier alpha value is -2.28. The van der Waals surface area contributed by atoms with Gasteiger partial charge in [0.1, 0.15) is 18.1 Å². The van der Waals surface area contributed by atoms with Crippen molar-refractivity contribution in [3.63, 3.8) is 0 Å². The highest BCUT2D eigenvalue weighted by molar-refractivity contribution is 5.80. The third kappa shape index (κ3) is 3.62. The van der Waals surface area contributed by atoms with Crippen molar-refractivity contribution >= 4 is 11.9 Å². The molecule has 1 N–H and O–H groups in total. The summed E-state index contributed by atoms with van der Waals surface area (Å²) in [4.78, 5) is 25.3. The number of benzene rings is 1. The second-order valence-electron chi connectivity index (χ2n) is 6.06. The number of carbonyl (C=O) groups is 2. The SMILES string of the molecule is COc1ccc2c(c1)OC[C@@H](C(=O)N1CCO[C@@H](CC(=O)O)C1)C2. The Balaban J connectivity index is 1.64. The molecular weight excluding hydrogens is 314 g/mol. The molecule has 1 aromatic carbocycles. The number of carboxylic acids is 1. The van der Waals surface area contributed by atoms with E-state index in [1.165, 1.54) is 0 Å². The van der Waals surface area contributed by atoms with E-state index in [0.717, 1.165) is 17.1 Å². The van der Waals surface area contributed by atoms with Gasteiger partial charge in [0.25, 0.3) is 0 Å². The largest absolute Gasteiger partial charge is 0.497 e. The van der Waals surface area contributed by atoms with Crippen LogP contribution >= 0.6 is 0 Å². The van der Waals surface area contributed by atoms with Crippen LogP contribution in [0.3, 0.4) is 0 Å². The van der Waals surface area contributed by atoms with Crippen molar-refractivity contribution < 1.29 is 28.9 Å². The molecule has 24 heavy (non-hydrogen) atoms. The number of morpholine rings is 1. The standard InChI is InChI=1S/C17H21NO6/c1-22-13-3-2-11-6-12(10-24-15(11)7-13)17(21)18-4-5-23-14(9-18)8-16(19)20/h2-3,7,12,14H,4-6,8-10H2,1H3,(H,19,20)/t12-,14-/m0/s1. The maximum absolute atomic E-state index is 12.7. The maximum Gasteiger partial charge on any atom is 0.306 e. The molecule has 2 aliphatic heterocycles. The smallest absolute Gasteiger partial charge is 0.306 e. The van der Waals surface area contributed by atoms with Crippen molar-refractivity contribution in [3.05, 3.63) is 23.8 Å². The lowest BCUT2D eigenvalue weighted by Crippen LogP contribution is -2.50. The van der Waals surface area contributed by atoms with Crippen molar-refractivity contribution in [1.29, 1.82) is 0 Å². The molecule has 1 amide bonds. The normalized spacial score (nSPS) is 23.1. The number of methoxy groups -OCH3 is 1. The molecule has 0 saturated carbocycles. The first-order chi connectivity index (χ1) is 11.6. The fraction of sp³-hybridized carbons (Fsp3) is 0.529. The predicted molar refractivity (Wildman–Crippen MR) is 84.3 cm³/mol. The first-order valence-electron chi connectivity index (χ1n) is 7.98. The van der Waals surface area contributed by atoms with Gasteiger partial charge in [-0.15, -0.1) is 0 Å². The molecule has 0 unspecified atom stereocenters. The van der Waals surface area contributed by atoms with Gasteiger partial charge in [0.2, 0.25) is 5.91 Å². The van der Waals surface area contributed by atoms with Gasteiger partial charge in [-0.05, 0) is 18.1 Å². The fourth-order valence-electron chi connectivity index (χ4n) is 3.13. The Morgan fingerprint density at radius 1 is 1.42 bits per heavy atom. The van der Waals surface area contributed by atoms with Crippen LogP contribution in [0.1, 0.15) is 12.0 Å². The number of carbonyl (C=O) groups excluding carboxylic acids is 1. The minimum Gasteiger partial charge on any atom is -0.497 e. The van der Waals surface area contributed by atoms with Gasteiger partial charge in [-0.25, -0.2) is 0 Å². The molecule has 0 spiro atoms. The Morgan fingerprint density at radius 3 is 3.00 bits per heavy atom. The molecule has 0 aromatic heterocycles. The lowest BCUT2D eigenvalue weighted by molar-refractivity contribution is -0.150. The molecule has 7 nitrogen and oxygen atoms in total. The molecular formula is C17H21NO6. The van der Waals surface area contributed by atoms with Crippen LogP contribution in [-0.4, -0.2) is 61.4 Å².